The van der Waals surface area contributed by atoms with Crippen molar-refractivity contribution in [3.63, 3.8) is 0 Å². The SMILES string of the molecule is CC1CCC(Nc2cccc(Cl)c2-n2cncn2)C(C)C1. The Morgan fingerprint density at radius 2 is 2.14 bits per heavy atom. The molecule has 5 heteroatoms. The van der Waals surface area contributed by atoms with Crippen molar-refractivity contribution in [3.8, 4) is 5.69 Å². The quantitative estimate of drug-likeness (QED) is 0.926. The Labute approximate surface area is 130 Å². The summed E-state index contributed by atoms with van der Waals surface area (Å²) in [5, 5.41) is 8.57. The van der Waals surface area contributed by atoms with E-state index in [1.54, 1.807) is 11.0 Å². The minimum absolute atomic E-state index is 0.488. The molecule has 0 radical (unpaired) electrons. The third-order valence-electron chi connectivity index (χ3n) is 4.41. The Morgan fingerprint density at radius 1 is 1.29 bits per heavy atom. The molecule has 0 saturated heterocycles. The third kappa shape index (κ3) is 3.05. The summed E-state index contributed by atoms with van der Waals surface area (Å²) < 4.78 is 1.72. The van der Waals surface area contributed by atoms with E-state index in [9.17, 15) is 0 Å². The van der Waals surface area contributed by atoms with Gasteiger partial charge in [0.2, 0.25) is 0 Å². The molecule has 1 fully saturated rings. The summed E-state index contributed by atoms with van der Waals surface area (Å²) in [5.74, 6) is 1.49. The molecule has 3 rings (SSSR count). The van der Waals surface area contributed by atoms with Crippen LogP contribution in [0.4, 0.5) is 5.69 Å². The van der Waals surface area contributed by atoms with Crippen LogP contribution in [0, 0.1) is 11.8 Å². The third-order valence-corrected chi connectivity index (χ3v) is 4.71. The molecule has 4 nitrogen and oxygen atoms in total. The lowest BCUT2D eigenvalue weighted by Gasteiger charge is -2.34. The van der Waals surface area contributed by atoms with E-state index < -0.39 is 0 Å². The number of hydrogen-bond donors (Lipinski definition) is 1. The maximum atomic E-state index is 6.37. The van der Waals surface area contributed by atoms with E-state index in [-0.39, 0.29) is 0 Å². The van der Waals surface area contributed by atoms with E-state index in [4.69, 9.17) is 11.6 Å². The van der Waals surface area contributed by atoms with Crippen molar-refractivity contribution < 1.29 is 0 Å². The van der Waals surface area contributed by atoms with E-state index in [1.165, 1.54) is 25.6 Å². The highest BCUT2D eigenvalue weighted by Crippen LogP contribution is 2.34. The van der Waals surface area contributed by atoms with Crippen molar-refractivity contribution in [3.05, 3.63) is 35.9 Å². The summed E-state index contributed by atoms with van der Waals surface area (Å²) in [7, 11) is 0. The second kappa shape index (κ2) is 6.06. The molecule has 0 aliphatic heterocycles. The average Bonchev–Trinajstić information content (AvgIpc) is 2.96. The molecule has 1 aliphatic carbocycles. The Hall–Kier alpha value is -1.55. The Balaban J connectivity index is 1.88. The van der Waals surface area contributed by atoms with Crippen LogP contribution < -0.4 is 5.32 Å². The van der Waals surface area contributed by atoms with Crippen LogP contribution in [0.3, 0.4) is 0 Å². The van der Waals surface area contributed by atoms with Crippen molar-refractivity contribution in [2.24, 2.45) is 11.8 Å². The molecule has 1 heterocycles. The summed E-state index contributed by atoms with van der Waals surface area (Å²) in [6.07, 6.45) is 6.96. The Bertz CT molecular complexity index is 596. The van der Waals surface area contributed by atoms with Crippen LogP contribution in [0.1, 0.15) is 33.1 Å². The number of anilines is 1. The number of para-hydroxylation sites is 1. The molecule has 1 aromatic heterocycles. The van der Waals surface area contributed by atoms with Crippen molar-refractivity contribution in [2.45, 2.75) is 39.2 Å². The molecule has 3 unspecified atom stereocenters. The lowest BCUT2D eigenvalue weighted by molar-refractivity contribution is 0.276. The molecular weight excluding hydrogens is 284 g/mol. The zero-order valence-corrected chi connectivity index (χ0v) is 13.2. The van der Waals surface area contributed by atoms with Crippen LogP contribution in [0.25, 0.3) is 5.69 Å². The molecule has 1 saturated carbocycles. The van der Waals surface area contributed by atoms with Crippen molar-refractivity contribution >= 4 is 17.3 Å². The van der Waals surface area contributed by atoms with Gasteiger partial charge in [-0.05, 0) is 43.2 Å². The first-order valence-corrected chi connectivity index (χ1v) is 7.93. The maximum Gasteiger partial charge on any atom is 0.138 e. The van der Waals surface area contributed by atoms with Gasteiger partial charge in [0.05, 0.1) is 10.7 Å². The van der Waals surface area contributed by atoms with E-state index in [0.717, 1.165) is 17.3 Å². The van der Waals surface area contributed by atoms with Crippen LogP contribution in [0.15, 0.2) is 30.9 Å². The van der Waals surface area contributed by atoms with Gasteiger partial charge in [0.15, 0.2) is 0 Å². The Morgan fingerprint density at radius 3 is 2.86 bits per heavy atom. The van der Waals surface area contributed by atoms with Gasteiger partial charge in [-0.2, -0.15) is 5.10 Å². The van der Waals surface area contributed by atoms with E-state index >= 15 is 0 Å². The Kier molecular flexibility index (Phi) is 4.15. The smallest absolute Gasteiger partial charge is 0.138 e. The minimum atomic E-state index is 0.488. The second-order valence-corrected chi connectivity index (χ2v) is 6.53. The highest BCUT2D eigenvalue weighted by molar-refractivity contribution is 6.33. The highest BCUT2D eigenvalue weighted by Gasteiger charge is 2.26. The number of aromatic nitrogens is 3. The largest absolute Gasteiger partial charge is 0.380 e. The van der Waals surface area contributed by atoms with Crippen LogP contribution in [0.5, 0.6) is 0 Å². The number of hydrogen-bond acceptors (Lipinski definition) is 3. The van der Waals surface area contributed by atoms with Crippen LogP contribution >= 0.6 is 11.6 Å². The predicted molar refractivity (Wildman–Crippen MR) is 86.0 cm³/mol. The molecule has 2 aromatic rings. The van der Waals surface area contributed by atoms with Crippen molar-refractivity contribution in [1.29, 1.82) is 0 Å². The molecule has 1 aliphatic rings. The summed E-state index contributed by atoms with van der Waals surface area (Å²) in [6.45, 7) is 4.67. The number of benzene rings is 1. The zero-order chi connectivity index (χ0) is 14.8. The normalized spacial score (nSPS) is 25.8. The first-order valence-electron chi connectivity index (χ1n) is 7.55. The van der Waals surface area contributed by atoms with Gasteiger partial charge in [-0.25, -0.2) is 9.67 Å². The minimum Gasteiger partial charge on any atom is -0.380 e. The molecular formula is C16H21ClN4. The van der Waals surface area contributed by atoms with Gasteiger partial charge in [-0.3, -0.25) is 0 Å². The predicted octanol–water partition coefficient (Wildman–Crippen LogP) is 4.16. The van der Waals surface area contributed by atoms with Gasteiger partial charge in [0, 0.05) is 6.04 Å². The first kappa shape index (κ1) is 14.4. The highest BCUT2D eigenvalue weighted by atomic mass is 35.5. The maximum absolute atomic E-state index is 6.37. The summed E-state index contributed by atoms with van der Waals surface area (Å²) in [4.78, 5) is 4.02. The topological polar surface area (TPSA) is 42.7 Å². The van der Waals surface area contributed by atoms with E-state index in [0.29, 0.717) is 17.0 Å². The zero-order valence-electron chi connectivity index (χ0n) is 12.5. The fraction of sp³-hybridized carbons (Fsp3) is 0.500. The lowest BCUT2D eigenvalue weighted by atomic mass is 9.80. The van der Waals surface area contributed by atoms with Crippen molar-refractivity contribution in [1.82, 2.24) is 14.8 Å². The fourth-order valence-corrected chi connectivity index (χ4v) is 3.53. The van der Waals surface area contributed by atoms with E-state index in [1.807, 2.05) is 12.1 Å². The molecule has 0 bridgehead atoms. The van der Waals surface area contributed by atoms with Crippen molar-refractivity contribution in [2.75, 3.05) is 5.32 Å². The van der Waals surface area contributed by atoms with Gasteiger partial charge >= 0.3 is 0 Å². The van der Waals surface area contributed by atoms with Gasteiger partial charge in [-0.1, -0.05) is 31.5 Å². The van der Waals surface area contributed by atoms with Crippen LogP contribution in [-0.2, 0) is 0 Å². The standard InChI is InChI=1S/C16H21ClN4/c1-11-6-7-14(12(2)8-11)20-15-5-3-4-13(17)16(15)21-10-18-9-19-21/h3-5,9-12,14,20H,6-8H2,1-2H3. The van der Waals surface area contributed by atoms with Crippen LogP contribution in [0.2, 0.25) is 5.02 Å². The molecule has 21 heavy (non-hydrogen) atoms. The number of nitrogens with one attached hydrogen (secondary N) is 1. The lowest BCUT2D eigenvalue weighted by Crippen LogP contribution is -2.33. The van der Waals surface area contributed by atoms with Gasteiger partial charge in [0.1, 0.15) is 18.3 Å². The van der Waals surface area contributed by atoms with Crippen LogP contribution in [-0.4, -0.2) is 20.8 Å². The fourth-order valence-electron chi connectivity index (χ4n) is 3.27. The van der Waals surface area contributed by atoms with Gasteiger partial charge in [0.25, 0.3) is 0 Å². The molecule has 0 amide bonds. The molecule has 3 atom stereocenters. The monoisotopic (exact) mass is 304 g/mol. The number of rotatable bonds is 3. The van der Waals surface area contributed by atoms with Gasteiger partial charge in [-0.15, -0.1) is 0 Å². The van der Waals surface area contributed by atoms with Gasteiger partial charge < -0.3 is 5.32 Å². The summed E-state index contributed by atoms with van der Waals surface area (Å²) in [5.41, 5.74) is 1.90. The first-order chi connectivity index (χ1) is 10.1. The number of halogens is 1. The second-order valence-electron chi connectivity index (χ2n) is 6.12. The number of nitrogens with zero attached hydrogens (tertiary/aromatic N) is 3. The average molecular weight is 305 g/mol. The summed E-state index contributed by atoms with van der Waals surface area (Å²) >= 11 is 6.37. The summed E-state index contributed by atoms with van der Waals surface area (Å²) in [6, 6.07) is 6.41. The molecule has 112 valence electrons. The molecule has 1 N–H and O–H groups in total. The molecule has 0 spiro atoms. The molecule has 1 aromatic carbocycles. The van der Waals surface area contributed by atoms with E-state index in [2.05, 4.69) is 35.3 Å².